The fourth-order valence-electron chi connectivity index (χ4n) is 1.95. The molecule has 0 spiro atoms. The van der Waals surface area contributed by atoms with E-state index in [1.165, 1.54) is 6.07 Å². The van der Waals surface area contributed by atoms with Crippen LogP contribution in [0.25, 0.3) is 0 Å². The van der Waals surface area contributed by atoms with Gasteiger partial charge in [-0.05, 0) is 54.8 Å². The molecule has 1 unspecified atom stereocenters. The molecule has 0 aliphatic carbocycles. The molecule has 1 atom stereocenters. The van der Waals surface area contributed by atoms with Crippen LogP contribution in [0.2, 0.25) is 5.02 Å². The fraction of sp³-hybridized carbons (Fsp3) is 0.200. The molecule has 19 heavy (non-hydrogen) atoms. The van der Waals surface area contributed by atoms with E-state index in [-0.39, 0.29) is 10.6 Å². The van der Waals surface area contributed by atoms with Crippen molar-refractivity contribution in [3.05, 3.63) is 67.9 Å². The highest BCUT2D eigenvalue weighted by Crippen LogP contribution is 2.37. The maximum atomic E-state index is 13.9. The minimum Gasteiger partial charge on any atom is -0.207 e. The van der Waals surface area contributed by atoms with Crippen LogP contribution in [0.1, 0.15) is 27.1 Å². The maximum absolute atomic E-state index is 13.9. The van der Waals surface area contributed by atoms with E-state index in [1.807, 2.05) is 26.0 Å². The van der Waals surface area contributed by atoms with E-state index >= 15 is 0 Å². The summed E-state index contributed by atoms with van der Waals surface area (Å²) < 4.78 is 14.8. The first-order chi connectivity index (χ1) is 8.90. The van der Waals surface area contributed by atoms with Crippen LogP contribution in [0.4, 0.5) is 4.39 Å². The molecule has 0 heterocycles. The van der Waals surface area contributed by atoms with E-state index in [9.17, 15) is 4.39 Å². The van der Waals surface area contributed by atoms with Crippen molar-refractivity contribution in [2.75, 3.05) is 0 Å². The first kappa shape index (κ1) is 15.0. The van der Waals surface area contributed by atoms with Gasteiger partial charge in [0.25, 0.3) is 0 Å². The summed E-state index contributed by atoms with van der Waals surface area (Å²) in [5.41, 5.74) is 3.66. The molecule has 100 valence electrons. The van der Waals surface area contributed by atoms with Gasteiger partial charge in [-0.25, -0.2) is 4.39 Å². The second-order valence-corrected chi connectivity index (χ2v) is 6.72. The molecule has 4 heteroatoms. The predicted octanol–water partition coefficient (Wildman–Crippen LogP) is 6.34. The second-order valence-electron chi connectivity index (χ2n) is 4.49. The Balaban J connectivity index is 2.52. The minimum atomic E-state index is -0.225. The summed E-state index contributed by atoms with van der Waals surface area (Å²) in [5, 5.41) is 0.732. The highest BCUT2D eigenvalue weighted by Gasteiger charge is 2.18. The van der Waals surface area contributed by atoms with Crippen LogP contribution in [-0.4, -0.2) is 0 Å². The number of alkyl halides is 1. The van der Waals surface area contributed by atoms with E-state index in [4.69, 9.17) is 11.6 Å². The van der Waals surface area contributed by atoms with Crippen molar-refractivity contribution in [1.82, 2.24) is 0 Å². The maximum Gasteiger partial charge on any atom is 0.127 e. The largest absolute Gasteiger partial charge is 0.207 e. The first-order valence-electron chi connectivity index (χ1n) is 5.76. The van der Waals surface area contributed by atoms with Gasteiger partial charge in [-0.15, -0.1) is 0 Å². The molecule has 0 aliphatic heterocycles. The van der Waals surface area contributed by atoms with Crippen LogP contribution in [0.3, 0.4) is 0 Å². The Morgan fingerprint density at radius 2 is 1.74 bits per heavy atom. The summed E-state index contributed by atoms with van der Waals surface area (Å²) in [7, 11) is 0. The van der Waals surface area contributed by atoms with Crippen LogP contribution in [0.5, 0.6) is 0 Å². The Labute approximate surface area is 134 Å². The lowest BCUT2D eigenvalue weighted by Crippen LogP contribution is -2.00. The van der Waals surface area contributed by atoms with Crippen LogP contribution < -0.4 is 0 Å². The molecule has 0 radical (unpaired) electrons. The number of benzene rings is 2. The van der Waals surface area contributed by atoms with Gasteiger partial charge < -0.3 is 0 Å². The molecule has 0 aromatic heterocycles. The van der Waals surface area contributed by atoms with Crippen LogP contribution in [-0.2, 0) is 0 Å². The summed E-state index contributed by atoms with van der Waals surface area (Å²) in [6, 6.07) is 8.86. The molecule has 2 aromatic carbocycles. The zero-order valence-electron chi connectivity index (χ0n) is 10.5. The van der Waals surface area contributed by atoms with Gasteiger partial charge in [0, 0.05) is 15.1 Å². The average Bonchev–Trinajstić information content (AvgIpc) is 2.36. The van der Waals surface area contributed by atoms with Gasteiger partial charge in [0.1, 0.15) is 5.82 Å². The summed E-state index contributed by atoms with van der Waals surface area (Å²) in [5.74, 6) is -0.225. The molecule has 2 aromatic rings. The van der Waals surface area contributed by atoms with Crippen LogP contribution >= 0.6 is 43.5 Å². The summed E-state index contributed by atoms with van der Waals surface area (Å²) in [6.45, 7) is 3.92. The third-order valence-electron chi connectivity index (χ3n) is 3.05. The molecule has 0 fully saturated rings. The van der Waals surface area contributed by atoms with Crippen molar-refractivity contribution in [3.63, 3.8) is 0 Å². The van der Waals surface area contributed by atoms with E-state index in [0.29, 0.717) is 5.56 Å². The highest BCUT2D eigenvalue weighted by molar-refractivity contribution is 9.10. The number of hydrogen-bond donors (Lipinski definition) is 0. The van der Waals surface area contributed by atoms with Crippen molar-refractivity contribution >= 4 is 43.5 Å². The highest BCUT2D eigenvalue weighted by atomic mass is 79.9. The molecule has 0 amide bonds. The van der Waals surface area contributed by atoms with E-state index in [0.717, 1.165) is 26.2 Å². The van der Waals surface area contributed by atoms with Crippen LogP contribution in [0, 0.1) is 19.7 Å². The van der Waals surface area contributed by atoms with Crippen molar-refractivity contribution < 1.29 is 4.39 Å². The van der Waals surface area contributed by atoms with Gasteiger partial charge in [0.2, 0.25) is 0 Å². The standard InChI is InChI=1S/C15H12Br2ClF/c1-8-6-13(18)9(2)5-11(8)15(17)12-7-10(16)3-4-14(12)19/h3-7,15H,1-2H3. The third-order valence-corrected chi connectivity index (χ3v) is 4.94. The number of halogens is 4. The van der Waals surface area contributed by atoms with Crippen molar-refractivity contribution in [1.29, 1.82) is 0 Å². The summed E-state index contributed by atoms with van der Waals surface area (Å²) in [4.78, 5) is -0.194. The normalized spacial score (nSPS) is 12.5. The SMILES string of the molecule is Cc1cc(C(Br)c2cc(Br)ccc2F)c(C)cc1Cl. The predicted molar refractivity (Wildman–Crippen MR) is 85.8 cm³/mol. The minimum absolute atomic E-state index is 0.194. The smallest absolute Gasteiger partial charge is 0.127 e. The molecule has 0 bridgehead atoms. The monoisotopic (exact) mass is 404 g/mol. The zero-order valence-corrected chi connectivity index (χ0v) is 14.4. The van der Waals surface area contributed by atoms with Crippen molar-refractivity contribution in [2.24, 2.45) is 0 Å². The average molecular weight is 407 g/mol. The summed E-state index contributed by atoms with van der Waals surface area (Å²) >= 11 is 13.1. The third kappa shape index (κ3) is 3.21. The zero-order chi connectivity index (χ0) is 14.2. The Bertz CT molecular complexity index is 626. The van der Waals surface area contributed by atoms with E-state index in [1.54, 1.807) is 12.1 Å². The fourth-order valence-corrected chi connectivity index (χ4v) is 3.39. The molecular weight excluding hydrogens is 394 g/mol. The van der Waals surface area contributed by atoms with Gasteiger partial charge in [0.05, 0.1) is 4.83 Å². The molecule has 2 rings (SSSR count). The second kappa shape index (κ2) is 5.94. The Kier molecular flexibility index (Phi) is 4.70. The van der Waals surface area contributed by atoms with Crippen molar-refractivity contribution in [3.8, 4) is 0 Å². The van der Waals surface area contributed by atoms with E-state index in [2.05, 4.69) is 31.9 Å². The van der Waals surface area contributed by atoms with Crippen molar-refractivity contribution in [2.45, 2.75) is 18.7 Å². The topological polar surface area (TPSA) is 0 Å². The molecular formula is C15H12Br2ClF. The molecule has 0 saturated heterocycles. The molecule has 0 nitrogen and oxygen atoms in total. The lowest BCUT2D eigenvalue weighted by molar-refractivity contribution is 0.613. The number of hydrogen-bond acceptors (Lipinski definition) is 0. The van der Waals surface area contributed by atoms with E-state index < -0.39 is 0 Å². The van der Waals surface area contributed by atoms with Gasteiger partial charge >= 0.3 is 0 Å². The summed E-state index contributed by atoms with van der Waals surface area (Å²) in [6.07, 6.45) is 0. The quantitative estimate of drug-likeness (QED) is 0.510. The Morgan fingerprint density at radius 3 is 2.42 bits per heavy atom. The van der Waals surface area contributed by atoms with Gasteiger partial charge in [-0.3, -0.25) is 0 Å². The number of rotatable bonds is 2. The lowest BCUT2D eigenvalue weighted by Gasteiger charge is -2.16. The molecule has 0 aliphatic rings. The Morgan fingerprint density at radius 1 is 1.05 bits per heavy atom. The van der Waals surface area contributed by atoms with Gasteiger partial charge in [-0.2, -0.15) is 0 Å². The van der Waals surface area contributed by atoms with Gasteiger partial charge in [-0.1, -0.05) is 49.5 Å². The Hall–Kier alpha value is -0.380. The van der Waals surface area contributed by atoms with Crippen LogP contribution in [0.15, 0.2) is 34.8 Å². The molecule has 0 saturated carbocycles. The molecule has 0 N–H and O–H groups in total. The first-order valence-corrected chi connectivity index (χ1v) is 7.84. The number of aryl methyl sites for hydroxylation is 2. The lowest BCUT2D eigenvalue weighted by atomic mass is 9.98. The van der Waals surface area contributed by atoms with Gasteiger partial charge in [0.15, 0.2) is 0 Å².